The quantitative estimate of drug-likeness (QED) is 0.709. The first-order valence-electron chi connectivity index (χ1n) is 8.79. The zero-order valence-electron chi connectivity index (χ0n) is 14.7. The molecule has 1 heterocycles. The van der Waals surface area contributed by atoms with Crippen molar-refractivity contribution in [1.82, 2.24) is 10.2 Å². The van der Waals surface area contributed by atoms with Gasteiger partial charge >= 0.3 is 0 Å². The number of carbonyl (C=O) groups is 1. The Balaban J connectivity index is 0.00000242. The summed E-state index contributed by atoms with van der Waals surface area (Å²) >= 11 is 0. The summed E-state index contributed by atoms with van der Waals surface area (Å²) in [5.41, 5.74) is 5.57. The number of nitrogens with one attached hydrogen (secondary N) is 1. The Morgan fingerprint density at radius 3 is 2.26 bits per heavy atom. The number of carbonyl (C=O) groups excluding carboxylic acids is 1. The molecule has 2 fully saturated rings. The molecule has 6 heteroatoms. The van der Waals surface area contributed by atoms with Crippen molar-refractivity contribution >= 4 is 30.7 Å². The molecule has 2 unspecified atom stereocenters. The van der Waals surface area contributed by atoms with Gasteiger partial charge < -0.3 is 16.0 Å². The highest BCUT2D eigenvalue weighted by atomic mass is 35.5. The highest BCUT2D eigenvalue weighted by Gasteiger charge is 2.36. The molecule has 138 valence electrons. The Hall–Kier alpha value is -0.0300. The fourth-order valence-corrected chi connectivity index (χ4v) is 4.05. The number of nitrogens with two attached hydrogens (primary N) is 1. The van der Waals surface area contributed by atoms with E-state index in [-0.39, 0.29) is 30.7 Å². The molecule has 3 N–H and O–H groups in total. The van der Waals surface area contributed by atoms with Gasteiger partial charge in [0.1, 0.15) is 0 Å². The maximum atomic E-state index is 12.1. The van der Waals surface area contributed by atoms with Crippen LogP contribution in [0.1, 0.15) is 58.8 Å². The summed E-state index contributed by atoms with van der Waals surface area (Å²) < 4.78 is 0. The minimum Gasteiger partial charge on any atom is -0.355 e. The summed E-state index contributed by atoms with van der Waals surface area (Å²) in [5.74, 6) is 1.72. The van der Waals surface area contributed by atoms with Crippen molar-refractivity contribution in [2.24, 2.45) is 17.6 Å². The van der Waals surface area contributed by atoms with Gasteiger partial charge in [0.25, 0.3) is 0 Å². The molecule has 1 aliphatic heterocycles. The predicted octanol–water partition coefficient (Wildman–Crippen LogP) is 2.98. The smallest absolute Gasteiger partial charge is 0.240 e. The lowest BCUT2D eigenvalue weighted by molar-refractivity contribution is -0.126. The zero-order chi connectivity index (χ0) is 15.3. The van der Waals surface area contributed by atoms with Crippen molar-refractivity contribution in [3.8, 4) is 0 Å². The van der Waals surface area contributed by atoms with Crippen molar-refractivity contribution in [3.05, 3.63) is 0 Å². The fourth-order valence-electron chi connectivity index (χ4n) is 4.05. The molecule has 1 saturated heterocycles. The third kappa shape index (κ3) is 7.16. The zero-order valence-corrected chi connectivity index (χ0v) is 16.3. The maximum Gasteiger partial charge on any atom is 0.240 e. The molecule has 0 aromatic heterocycles. The number of unbranched alkanes of at least 4 members (excludes halogenated alkanes) is 1. The van der Waals surface area contributed by atoms with Gasteiger partial charge in [-0.1, -0.05) is 26.7 Å². The van der Waals surface area contributed by atoms with Crippen molar-refractivity contribution in [1.29, 1.82) is 0 Å². The third-order valence-electron chi connectivity index (χ3n) is 5.08. The van der Waals surface area contributed by atoms with Crippen molar-refractivity contribution in [2.75, 3.05) is 26.2 Å². The molecule has 0 spiro atoms. The third-order valence-corrected chi connectivity index (χ3v) is 5.08. The Kier molecular flexibility index (Phi) is 10.7. The number of rotatable bonds is 6. The number of hydrogen-bond donors (Lipinski definition) is 2. The predicted molar refractivity (Wildman–Crippen MR) is 102 cm³/mol. The monoisotopic (exact) mass is 367 g/mol. The fraction of sp³-hybridized carbons (Fsp3) is 0.941. The van der Waals surface area contributed by atoms with Gasteiger partial charge in [-0.15, -0.1) is 24.8 Å². The van der Waals surface area contributed by atoms with E-state index in [4.69, 9.17) is 5.73 Å². The summed E-state index contributed by atoms with van der Waals surface area (Å²) in [6.07, 6.45) is 7.47. The number of piperidine rings is 1. The van der Waals surface area contributed by atoms with Crippen LogP contribution in [0.2, 0.25) is 0 Å². The van der Waals surface area contributed by atoms with Crippen LogP contribution in [0.3, 0.4) is 0 Å². The molecule has 2 atom stereocenters. The Bertz CT molecular complexity index is 339. The molecule has 1 aliphatic carbocycles. The number of nitrogens with zero attached hydrogens (tertiary/aromatic N) is 1. The van der Waals surface area contributed by atoms with Crippen LogP contribution < -0.4 is 11.1 Å². The second-order valence-corrected chi connectivity index (χ2v) is 7.53. The molecule has 0 radical (unpaired) electrons. The SMILES string of the molecule is CC1CC(C)CN(CCCCNC(=O)C2(N)CCCC2)C1.Cl.Cl. The normalized spacial score (nSPS) is 26.9. The molecule has 23 heavy (non-hydrogen) atoms. The van der Waals surface area contributed by atoms with E-state index in [0.29, 0.717) is 0 Å². The first-order valence-corrected chi connectivity index (χ1v) is 8.79. The van der Waals surface area contributed by atoms with E-state index in [2.05, 4.69) is 24.1 Å². The number of amides is 1. The van der Waals surface area contributed by atoms with E-state index in [9.17, 15) is 4.79 Å². The summed E-state index contributed by atoms with van der Waals surface area (Å²) in [4.78, 5) is 14.7. The molecule has 4 nitrogen and oxygen atoms in total. The number of hydrogen-bond acceptors (Lipinski definition) is 3. The Morgan fingerprint density at radius 1 is 1.13 bits per heavy atom. The summed E-state index contributed by atoms with van der Waals surface area (Å²) in [6.45, 7) is 9.12. The first-order chi connectivity index (χ1) is 9.99. The van der Waals surface area contributed by atoms with E-state index in [1.54, 1.807) is 0 Å². The maximum absolute atomic E-state index is 12.1. The average Bonchev–Trinajstić information content (AvgIpc) is 2.85. The lowest BCUT2D eigenvalue weighted by atomic mass is 9.92. The van der Waals surface area contributed by atoms with Gasteiger partial charge in [0.2, 0.25) is 5.91 Å². The van der Waals surface area contributed by atoms with E-state index in [1.165, 1.54) is 19.5 Å². The van der Waals surface area contributed by atoms with Gasteiger partial charge in [-0.3, -0.25) is 4.79 Å². The van der Waals surface area contributed by atoms with Crippen LogP contribution in [0.4, 0.5) is 0 Å². The van der Waals surface area contributed by atoms with Crippen LogP contribution in [0.5, 0.6) is 0 Å². The minimum absolute atomic E-state index is 0. The molecule has 1 saturated carbocycles. The van der Waals surface area contributed by atoms with Gasteiger partial charge in [-0.25, -0.2) is 0 Å². The van der Waals surface area contributed by atoms with Crippen LogP contribution in [-0.4, -0.2) is 42.5 Å². The summed E-state index contributed by atoms with van der Waals surface area (Å²) in [5, 5.41) is 3.04. The Labute approximate surface area is 154 Å². The first kappa shape index (κ1) is 23.0. The van der Waals surface area contributed by atoms with Crippen molar-refractivity contribution in [3.63, 3.8) is 0 Å². The van der Waals surface area contributed by atoms with Crippen LogP contribution in [0.15, 0.2) is 0 Å². The second-order valence-electron chi connectivity index (χ2n) is 7.53. The molecular weight excluding hydrogens is 333 g/mol. The molecule has 0 aromatic carbocycles. The minimum atomic E-state index is -0.572. The lowest BCUT2D eigenvalue weighted by Crippen LogP contribution is -2.52. The summed E-state index contributed by atoms with van der Waals surface area (Å²) in [6, 6.07) is 0. The highest BCUT2D eigenvalue weighted by molar-refractivity contribution is 5.86. The van der Waals surface area contributed by atoms with Gasteiger partial charge in [0, 0.05) is 19.6 Å². The van der Waals surface area contributed by atoms with E-state index >= 15 is 0 Å². The van der Waals surface area contributed by atoms with Crippen molar-refractivity contribution < 1.29 is 4.79 Å². The van der Waals surface area contributed by atoms with Crippen LogP contribution in [-0.2, 0) is 4.79 Å². The van der Waals surface area contributed by atoms with E-state index in [1.807, 2.05) is 0 Å². The van der Waals surface area contributed by atoms with Crippen LogP contribution in [0, 0.1) is 11.8 Å². The van der Waals surface area contributed by atoms with Crippen LogP contribution >= 0.6 is 24.8 Å². The standard InChI is InChI=1S/C17H33N3O.2ClH/c1-14-11-15(2)13-20(12-14)10-6-5-9-19-16(21)17(18)7-3-4-8-17;;/h14-15H,3-13,18H2,1-2H3,(H,19,21);2*1H. The van der Waals surface area contributed by atoms with E-state index in [0.717, 1.165) is 63.5 Å². The topological polar surface area (TPSA) is 58.4 Å². The number of halogens is 2. The average molecular weight is 368 g/mol. The van der Waals surface area contributed by atoms with Gasteiger partial charge in [-0.05, 0) is 50.5 Å². The lowest BCUT2D eigenvalue weighted by Gasteiger charge is -2.35. The van der Waals surface area contributed by atoms with Gasteiger partial charge in [0.15, 0.2) is 0 Å². The van der Waals surface area contributed by atoms with Gasteiger partial charge in [0.05, 0.1) is 5.54 Å². The molecule has 2 rings (SSSR count). The second kappa shape index (κ2) is 10.8. The van der Waals surface area contributed by atoms with E-state index < -0.39 is 5.54 Å². The molecule has 2 aliphatic rings. The van der Waals surface area contributed by atoms with Crippen LogP contribution in [0.25, 0.3) is 0 Å². The molecule has 0 bridgehead atoms. The van der Waals surface area contributed by atoms with Gasteiger partial charge in [-0.2, -0.15) is 0 Å². The summed E-state index contributed by atoms with van der Waals surface area (Å²) in [7, 11) is 0. The highest BCUT2D eigenvalue weighted by Crippen LogP contribution is 2.27. The largest absolute Gasteiger partial charge is 0.355 e. The molecule has 1 amide bonds. The molecule has 0 aromatic rings. The Morgan fingerprint density at radius 2 is 1.70 bits per heavy atom. The molecular formula is C17H35Cl2N3O. The van der Waals surface area contributed by atoms with Crippen molar-refractivity contribution in [2.45, 2.75) is 64.3 Å². The number of likely N-dealkylation sites (tertiary alicyclic amines) is 1.